The molecule has 3 heterocycles. The van der Waals surface area contributed by atoms with Gasteiger partial charge in [-0.2, -0.15) is 0 Å². The van der Waals surface area contributed by atoms with Gasteiger partial charge in [-0.25, -0.2) is 0 Å². The van der Waals surface area contributed by atoms with Gasteiger partial charge in [0.2, 0.25) is 5.91 Å². The zero-order chi connectivity index (χ0) is 72.5. The lowest BCUT2D eigenvalue weighted by Crippen LogP contribution is -2.66. The summed E-state index contributed by atoms with van der Waals surface area (Å²) in [5.41, 5.74) is 0. The minimum Gasteiger partial charge on any atom is -0.394 e. The number of nitrogens with one attached hydrogen (secondary N) is 1. The van der Waals surface area contributed by atoms with Crippen LogP contribution < -0.4 is 5.32 Å². The molecule has 17 atom stereocenters. The summed E-state index contributed by atoms with van der Waals surface area (Å²) in [4.78, 5) is 13.5. The van der Waals surface area contributed by atoms with E-state index in [1.807, 2.05) is 6.08 Å². The minimum atomic E-state index is -1.98. The molecule has 17 unspecified atom stereocenters. The topological polar surface area (TPSA) is 307 Å². The molecule has 0 saturated carbocycles. The summed E-state index contributed by atoms with van der Waals surface area (Å²) < 4.78 is 34.4. The van der Waals surface area contributed by atoms with Gasteiger partial charge in [0.1, 0.15) is 73.2 Å². The van der Waals surface area contributed by atoms with E-state index in [-0.39, 0.29) is 18.9 Å². The van der Waals surface area contributed by atoms with Crippen LogP contribution in [-0.2, 0) is 33.2 Å². The van der Waals surface area contributed by atoms with Gasteiger partial charge in [-0.05, 0) is 77.0 Å². The maximum atomic E-state index is 13.5. The van der Waals surface area contributed by atoms with Crippen molar-refractivity contribution in [2.75, 3.05) is 26.4 Å². The normalized spacial score (nSPS) is 26.9. The molecule has 100 heavy (non-hydrogen) atoms. The van der Waals surface area contributed by atoms with Crippen LogP contribution in [0.3, 0.4) is 0 Å². The molecule has 0 radical (unpaired) electrons. The second-order valence-electron chi connectivity index (χ2n) is 28.1. The molecule has 3 aliphatic heterocycles. The number of carbonyl (C=O) groups excluding carboxylic acids is 1. The maximum absolute atomic E-state index is 13.5. The number of aliphatic hydroxyl groups is 11. The van der Waals surface area contributed by atoms with Crippen molar-refractivity contribution in [1.82, 2.24) is 5.32 Å². The number of rotatable bonds is 62. The molecule has 3 saturated heterocycles. The highest BCUT2D eigenvalue weighted by atomic mass is 16.8. The average molecular weight is 1420 g/mol. The molecule has 12 N–H and O–H groups in total. The summed E-state index contributed by atoms with van der Waals surface area (Å²) >= 11 is 0. The van der Waals surface area contributed by atoms with Crippen LogP contribution in [-0.4, -0.2) is 193 Å². The first kappa shape index (κ1) is 91.2. The number of hydrogen-bond donors (Lipinski definition) is 12. The highest BCUT2D eigenvalue weighted by Crippen LogP contribution is 2.33. The van der Waals surface area contributed by atoms with Crippen LogP contribution in [0.25, 0.3) is 0 Å². The van der Waals surface area contributed by atoms with Crippen LogP contribution in [0.5, 0.6) is 0 Å². The molecule has 3 fully saturated rings. The third-order valence-corrected chi connectivity index (χ3v) is 19.4. The van der Waals surface area contributed by atoms with Gasteiger partial charge in [0, 0.05) is 6.42 Å². The monoisotopic (exact) mass is 1420 g/mol. The van der Waals surface area contributed by atoms with E-state index in [0.717, 1.165) is 70.6 Å². The fraction of sp³-hybridized carbons (Fsp3) is 0.815. The quantitative estimate of drug-likeness (QED) is 0.0199. The molecule has 580 valence electrons. The van der Waals surface area contributed by atoms with Crippen LogP contribution in [0.15, 0.2) is 85.1 Å². The molecule has 0 bridgehead atoms. The fourth-order valence-corrected chi connectivity index (χ4v) is 13.1. The van der Waals surface area contributed by atoms with E-state index >= 15 is 0 Å². The van der Waals surface area contributed by atoms with Gasteiger partial charge in [0.05, 0.1) is 38.6 Å². The number of allylic oxidation sites excluding steroid dienone is 13. The molecule has 0 spiro atoms. The summed E-state index contributed by atoms with van der Waals surface area (Å²) in [7, 11) is 0. The zero-order valence-electron chi connectivity index (χ0n) is 61.9. The number of hydrogen-bond acceptors (Lipinski definition) is 18. The first-order valence-electron chi connectivity index (χ1n) is 39.8. The molecule has 3 rings (SSSR count). The van der Waals surface area contributed by atoms with Gasteiger partial charge in [-0.15, -0.1) is 0 Å². The van der Waals surface area contributed by atoms with Gasteiger partial charge >= 0.3 is 0 Å². The Labute approximate surface area is 603 Å². The second kappa shape index (κ2) is 61.2. The van der Waals surface area contributed by atoms with Gasteiger partial charge in [0.25, 0.3) is 0 Å². The predicted molar refractivity (Wildman–Crippen MR) is 397 cm³/mol. The third kappa shape index (κ3) is 41.0. The Morgan fingerprint density at radius 1 is 0.370 bits per heavy atom. The van der Waals surface area contributed by atoms with Gasteiger partial charge in [0.15, 0.2) is 18.9 Å². The molecule has 3 aliphatic rings. The van der Waals surface area contributed by atoms with Crippen molar-refractivity contribution in [1.29, 1.82) is 0 Å². The van der Waals surface area contributed by atoms with Crippen LogP contribution in [0.4, 0.5) is 0 Å². The van der Waals surface area contributed by atoms with E-state index in [1.54, 1.807) is 6.08 Å². The number of amides is 1. The zero-order valence-corrected chi connectivity index (χ0v) is 61.9. The van der Waals surface area contributed by atoms with E-state index in [9.17, 15) is 61.0 Å². The lowest BCUT2D eigenvalue weighted by molar-refractivity contribution is -0.379. The molecular formula is C81H143NO18. The Bertz CT molecular complexity index is 2140. The Kier molecular flexibility index (Phi) is 55.8. The molecular weight excluding hydrogens is 1270 g/mol. The average Bonchev–Trinajstić information content (AvgIpc) is 0.783. The predicted octanol–water partition coefficient (Wildman–Crippen LogP) is 13.0. The van der Waals surface area contributed by atoms with Crippen molar-refractivity contribution in [2.24, 2.45) is 0 Å². The number of carbonyl (C=O) groups is 1. The van der Waals surface area contributed by atoms with Crippen LogP contribution in [0.2, 0.25) is 0 Å². The van der Waals surface area contributed by atoms with Crippen molar-refractivity contribution in [3.05, 3.63) is 85.1 Å². The van der Waals surface area contributed by atoms with Gasteiger partial charge < -0.3 is 89.9 Å². The Hall–Kier alpha value is -3.03. The third-order valence-electron chi connectivity index (χ3n) is 19.4. The van der Waals surface area contributed by atoms with Crippen molar-refractivity contribution in [3.63, 3.8) is 0 Å². The summed E-state index contributed by atoms with van der Waals surface area (Å²) in [6.45, 7) is 1.63. The van der Waals surface area contributed by atoms with Crippen molar-refractivity contribution < 1.29 is 89.4 Å². The Morgan fingerprint density at radius 2 is 0.700 bits per heavy atom. The van der Waals surface area contributed by atoms with Crippen molar-refractivity contribution in [2.45, 2.75) is 394 Å². The smallest absolute Gasteiger partial charge is 0.220 e. The highest BCUT2D eigenvalue weighted by Gasteiger charge is 2.53. The van der Waals surface area contributed by atoms with Crippen LogP contribution >= 0.6 is 0 Å². The van der Waals surface area contributed by atoms with E-state index in [2.05, 4.69) is 92.1 Å². The van der Waals surface area contributed by atoms with E-state index < -0.39 is 124 Å². The largest absolute Gasteiger partial charge is 0.394 e. The maximum Gasteiger partial charge on any atom is 0.220 e. The Morgan fingerprint density at radius 3 is 1.12 bits per heavy atom. The molecule has 0 aromatic carbocycles. The lowest BCUT2D eigenvalue weighted by Gasteiger charge is -2.48. The standard InChI is InChI=1S/C81H143NO18/c1-3-5-7-9-11-13-15-17-19-21-23-25-27-29-30-31-32-33-34-35-37-39-41-43-45-47-49-51-53-55-57-59-69(87)82-64(65(86)58-56-54-52-50-48-46-44-42-40-38-36-28-26-24-22-20-18-16-14-12-10-8-6-4-2)63-95-79-75(93)72(90)77(67(61-84)97-79)100-81-76(94)73(91)78(68(62-85)98-81)99-80-74(92)71(89)70(88)66(60-83)96-80/h5,7,11,13,17,19,23,25,29-30,48,50,56,58,64-68,70-81,83-86,88-94H,3-4,6,8-10,12,14-16,18,20-22,24,26-28,31-47,49,51-55,57,59-63H2,1-2H3,(H,82,87)/b7-5-,13-11-,19-17-,25-23-,30-29-,50-48+,58-56+. The minimum absolute atomic E-state index is 0.232. The number of unbranched alkanes of at least 4 members (excludes halogenated alkanes) is 34. The molecule has 19 heteroatoms. The SMILES string of the molecule is CC/C=C\C/C=C\C/C=C\C/C=C\C/C=C\CCCCCCCCCCCCCCCCCC(=O)NC(COC1OC(CO)C(OC2OC(CO)C(OC3OC(CO)C(O)C(O)C3O)C(O)C2O)C(O)C1O)C(O)/C=C/CC/C=C/CCCCCCCCCCCCCCCCCCCC. The summed E-state index contributed by atoms with van der Waals surface area (Å²) in [5, 5.41) is 121. The van der Waals surface area contributed by atoms with Crippen LogP contribution in [0, 0.1) is 0 Å². The van der Waals surface area contributed by atoms with E-state index in [0.29, 0.717) is 12.8 Å². The van der Waals surface area contributed by atoms with E-state index in [4.69, 9.17) is 28.4 Å². The summed E-state index contributed by atoms with van der Waals surface area (Å²) in [6.07, 6.45) is 54.2. The molecule has 0 aliphatic carbocycles. The van der Waals surface area contributed by atoms with Gasteiger partial charge in [-0.3, -0.25) is 4.79 Å². The molecule has 0 aromatic rings. The second-order valence-corrected chi connectivity index (χ2v) is 28.1. The Balaban J connectivity index is 1.39. The van der Waals surface area contributed by atoms with Gasteiger partial charge in [-0.1, -0.05) is 292 Å². The van der Waals surface area contributed by atoms with Crippen molar-refractivity contribution in [3.8, 4) is 0 Å². The molecule has 1 amide bonds. The highest BCUT2D eigenvalue weighted by molar-refractivity contribution is 5.76. The lowest BCUT2D eigenvalue weighted by atomic mass is 9.96. The van der Waals surface area contributed by atoms with Crippen LogP contribution in [0.1, 0.15) is 290 Å². The number of ether oxygens (including phenoxy) is 6. The van der Waals surface area contributed by atoms with Crippen molar-refractivity contribution >= 4 is 5.91 Å². The fourth-order valence-electron chi connectivity index (χ4n) is 13.1. The molecule has 0 aromatic heterocycles. The number of aliphatic hydroxyl groups excluding tert-OH is 11. The first-order chi connectivity index (χ1) is 48.8. The summed E-state index contributed by atoms with van der Waals surface area (Å²) in [6, 6.07) is -0.995. The summed E-state index contributed by atoms with van der Waals surface area (Å²) in [5.74, 6) is -0.285. The first-order valence-corrected chi connectivity index (χ1v) is 39.8. The molecule has 19 nitrogen and oxygen atoms in total. The van der Waals surface area contributed by atoms with E-state index in [1.165, 1.54) is 186 Å².